The van der Waals surface area contributed by atoms with E-state index in [1.165, 1.54) is 0 Å². The summed E-state index contributed by atoms with van der Waals surface area (Å²) in [6.45, 7) is 0. The highest BCUT2D eigenvalue weighted by Crippen LogP contribution is 2.05. The first-order valence-electron chi connectivity index (χ1n) is 3.55. The van der Waals surface area contributed by atoms with Crippen LogP contribution in [0.4, 0.5) is 0 Å². The Morgan fingerprint density at radius 3 is 2.83 bits per heavy atom. The van der Waals surface area contributed by atoms with Crippen molar-refractivity contribution in [2.75, 3.05) is 12.0 Å². The number of guanidine groups is 1. The number of carboxylic acid groups (broad SMARTS) is 1. The summed E-state index contributed by atoms with van der Waals surface area (Å²) in [5.74, 6) is 0.517. The molecule has 0 aliphatic carbocycles. The number of hydrogen-bond acceptors (Lipinski definition) is 3. The number of hydrogen-bond donors (Lipinski definition) is 3. The summed E-state index contributed by atoms with van der Waals surface area (Å²) in [7, 11) is 0. The van der Waals surface area contributed by atoms with Crippen molar-refractivity contribution in [1.29, 1.82) is 0 Å². The molecule has 0 aromatic heterocycles. The van der Waals surface area contributed by atoms with Crippen molar-refractivity contribution < 1.29 is 9.90 Å². The van der Waals surface area contributed by atoms with Crippen LogP contribution in [0.2, 0.25) is 0 Å². The molecule has 0 amide bonds. The van der Waals surface area contributed by atoms with Crippen LogP contribution in [0.3, 0.4) is 0 Å². The molecule has 1 fully saturated rings. The highest BCUT2D eigenvalue weighted by molar-refractivity contribution is 7.98. The van der Waals surface area contributed by atoms with Gasteiger partial charge in [0.1, 0.15) is 0 Å². The molecule has 0 bridgehead atoms. The van der Waals surface area contributed by atoms with Crippen LogP contribution >= 0.6 is 11.8 Å². The summed E-state index contributed by atoms with van der Waals surface area (Å²) in [6.07, 6.45) is 2.52. The van der Waals surface area contributed by atoms with E-state index in [-0.39, 0.29) is 0 Å². The van der Waals surface area contributed by atoms with Crippen LogP contribution in [0.15, 0.2) is 4.99 Å². The molecule has 1 atom stereocenters. The molecule has 3 N–H and O–H groups in total. The van der Waals surface area contributed by atoms with E-state index >= 15 is 0 Å². The van der Waals surface area contributed by atoms with Crippen LogP contribution in [0.5, 0.6) is 0 Å². The number of thioether (sulfide) groups is 1. The van der Waals surface area contributed by atoms with Gasteiger partial charge in [-0.15, -0.1) is 0 Å². The maximum absolute atomic E-state index is 10.6. The van der Waals surface area contributed by atoms with Crippen molar-refractivity contribution in [1.82, 2.24) is 10.9 Å². The minimum Gasteiger partial charge on any atom is -0.480 e. The largest absolute Gasteiger partial charge is 0.480 e. The lowest BCUT2D eigenvalue weighted by molar-refractivity contribution is -0.138. The predicted molar refractivity (Wildman–Crippen MR) is 48.1 cm³/mol. The number of rotatable bonds is 5. The summed E-state index contributed by atoms with van der Waals surface area (Å²) in [5.41, 5.74) is 5.25. The van der Waals surface area contributed by atoms with Crippen molar-refractivity contribution in [3.63, 3.8) is 0 Å². The van der Waals surface area contributed by atoms with Crippen molar-refractivity contribution in [3.8, 4) is 0 Å². The second-order valence-corrected chi connectivity index (χ2v) is 3.35. The maximum atomic E-state index is 10.6. The third-order valence-electron chi connectivity index (χ3n) is 1.40. The van der Waals surface area contributed by atoms with Crippen LogP contribution in [0.25, 0.3) is 0 Å². The third-order valence-corrected chi connectivity index (χ3v) is 2.05. The Morgan fingerprint density at radius 1 is 1.75 bits per heavy atom. The van der Waals surface area contributed by atoms with Gasteiger partial charge in [-0.25, -0.2) is 9.79 Å². The van der Waals surface area contributed by atoms with Gasteiger partial charge in [-0.1, -0.05) is 0 Å². The molecular formula is C6H11N3O2S. The fraction of sp³-hybridized carbons (Fsp3) is 0.667. The minimum atomic E-state index is -0.868. The Labute approximate surface area is 74.6 Å². The average Bonchev–Trinajstić information content (AvgIpc) is 2.80. The Balaban J connectivity index is 2.37. The predicted octanol–water partition coefficient (Wildman–Crippen LogP) is -0.344. The van der Waals surface area contributed by atoms with Crippen molar-refractivity contribution in [2.45, 2.75) is 12.5 Å². The van der Waals surface area contributed by atoms with Crippen molar-refractivity contribution in [2.24, 2.45) is 4.99 Å². The molecule has 0 aromatic carbocycles. The van der Waals surface area contributed by atoms with E-state index in [2.05, 4.69) is 15.8 Å². The van der Waals surface area contributed by atoms with Gasteiger partial charge in [0.25, 0.3) is 0 Å². The Hall–Kier alpha value is -0.910. The topological polar surface area (TPSA) is 93.5 Å². The number of carbonyl (C=O) groups is 1. The van der Waals surface area contributed by atoms with E-state index in [0.717, 1.165) is 5.75 Å². The van der Waals surface area contributed by atoms with Crippen LogP contribution in [-0.4, -0.2) is 35.1 Å². The van der Waals surface area contributed by atoms with E-state index in [9.17, 15) is 4.79 Å². The lowest BCUT2D eigenvalue weighted by atomic mass is 10.2. The van der Waals surface area contributed by atoms with Crippen molar-refractivity contribution in [3.05, 3.63) is 0 Å². The van der Waals surface area contributed by atoms with Gasteiger partial charge < -0.3 is 5.11 Å². The molecule has 5 nitrogen and oxygen atoms in total. The van der Waals surface area contributed by atoms with Gasteiger partial charge in [0.15, 0.2) is 6.04 Å². The SMILES string of the molecule is CSCC[C@H](N=C1NN1)C(=O)O. The van der Waals surface area contributed by atoms with Crippen LogP contribution in [0.1, 0.15) is 6.42 Å². The summed E-state index contributed by atoms with van der Waals surface area (Å²) in [5, 5.41) is 8.70. The quantitative estimate of drug-likeness (QED) is 0.514. The summed E-state index contributed by atoms with van der Waals surface area (Å²) < 4.78 is 0. The second kappa shape index (κ2) is 4.20. The molecule has 12 heavy (non-hydrogen) atoms. The van der Waals surface area contributed by atoms with E-state index in [4.69, 9.17) is 5.11 Å². The molecule has 0 aromatic rings. The zero-order valence-electron chi connectivity index (χ0n) is 6.70. The molecule has 1 saturated heterocycles. The lowest BCUT2D eigenvalue weighted by Gasteiger charge is -2.03. The van der Waals surface area contributed by atoms with Gasteiger partial charge in [-0.2, -0.15) is 11.8 Å². The van der Waals surface area contributed by atoms with E-state index in [1.807, 2.05) is 6.26 Å². The molecule has 68 valence electrons. The number of aliphatic imine (C=N–C) groups is 1. The first-order valence-corrected chi connectivity index (χ1v) is 4.95. The van der Waals surface area contributed by atoms with Crippen LogP contribution < -0.4 is 10.9 Å². The molecule has 0 spiro atoms. The summed E-state index contributed by atoms with van der Waals surface area (Å²) in [4.78, 5) is 14.5. The van der Waals surface area contributed by atoms with E-state index in [1.54, 1.807) is 11.8 Å². The van der Waals surface area contributed by atoms with Crippen molar-refractivity contribution >= 4 is 23.7 Å². The minimum absolute atomic E-state index is 0.573. The zero-order chi connectivity index (χ0) is 8.97. The first kappa shape index (κ1) is 9.18. The normalized spacial score (nSPS) is 15.9. The average molecular weight is 189 g/mol. The van der Waals surface area contributed by atoms with Gasteiger partial charge in [0.05, 0.1) is 0 Å². The molecule has 1 aliphatic heterocycles. The van der Waals surface area contributed by atoms with Gasteiger partial charge in [-0.05, 0) is 18.4 Å². The Kier molecular flexibility index (Phi) is 3.21. The van der Waals surface area contributed by atoms with Gasteiger partial charge in [0, 0.05) is 0 Å². The van der Waals surface area contributed by atoms with Crippen LogP contribution in [-0.2, 0) is 4.79 Å². The fourth-order valence-electron chi connectivity index (χ4n) is 0.721. The van der Waals surface area contributed by atoms with Gasteiger partial charge in [-0.3, -0.25) is 10.9 Å². The Morgan fingerprint density at radius 2 is 2.42 bits per heavy atom. The summed E-state index contributed by atoms with van der Waals surface area (Å²) in [6, 6.07) is -0.616. The van der Waals surface area contributed by atoms with Crippen LogP contribution in [0, 0.1) is 0 Å². The third kappa shape index (κ3) is 3.00. The molecule has 0 radical (unpaired) electrons. The molecule has 0 saturated carbocycles. The smallest absolute Gasteiger partial charge is 0.328 e. The molecular weight excluding hydrogens is 178 g/mol. The molecule has 1 aliphatic rings. The number of aliphatic carboxylic acids is 1. The lowest BCUT2D eigenvalue weighted by Crippen LogP contribution is -2.19. The first-order chi connectivity index (χ1) is 5.74. The highest BCUT2D eigenvalue weighted by Gasteiger charge is 2.20. The summed E-state index contributed by atoms with van der Waals surface area (Å²) >= 11 is 1.62. The number of carboxylic acids is 1. The Bertz CT molecular complexity index is 201. The highest BCUT2D eigenvalue weighted by atomic mass is 32.2. The zero-order valence-corrected chi connectivity index (χ0v) is 7.52. The van der Waals surface area contributed by atoms with E-state index < -0.39 is 12.0 Å². The maximum Gasteiger partial charge on any atom is 0.328 e. The molecule has 1 rings (SSSR count). The second-order valence-electron chi connectivity index (χ2n) is 2.36. The number of nitrogens with zero attached hydrogens (tertiary/aromatic N) is 1. The monoisotopic (exact) mass is 189 g/mol. The van der Waals surface area contributed by atoms with Gasteiger partial charge in [0.2, 0.25) is 5.96 Å². The van der Waals surface area contributed by atoms with Gasteiger partial charge >= 0.3 is 5.97 Å². The number of hydrazine groups is 1. The standard InChI is InChI=1S/C6H11N3O2S/c1-12-3-2-4(5(10)11)7-6-8-9-6/h4H,2-3H2,1H3,(H,10,11)(H2,7,8,9)/t4-/m0/s1. The van der Waals surface area contributed by atoms with E-state index in [0.29, 0.717) is 12.4 Å². The molecule has 1 heterocycles. The molecule has 6 heteroatoms. The number of nitrogens with one attached hydrogen (secondary N) is 2. The fourth-order valence-corrected chi connectivity index (χ4v) is 1.18. The molecule has 0 unspecified atom stereocenters.